The first-order chi connectivity index (χ1) is 17.0. The zero-order valence-corrected chi connectivity index (χ0v) is 20.0. The number of halogens is 1. The molecule has 0 atom stereocenters. The second-order valence-corrected chi connectivity index (χ2v) is 8.06. The lowest BCUT2D eigenvalue weighted by Gasteiger charge is -2.14. The minimum Gasteiger partial charge on any atom is -0.493 e. The number of benzene rings is 3. The number of rotatable bonds is 10. The van der Waals surface area contributed by atoms with Crippen molar-refractivity contribution in [3.8, 4) is 17.2 Å². The molecule has 0 spiro atoms. The number of anilines is 1. The Morgan fingerprint density at radius 2 is 1.63 bits per heavy atom. The Bertz CT molecular complexity index is 1210. The zero-order chi connectivity index (χ0) is 24.6. The minimum atomic E-state index is -0.460. The lowest BCUT2D eigenvalue weighted by atomic mass is 10.1. The molecule has 1 heterocycles. The molecule has 7 nitrogen and oxygen atoms in total. The van der Waals surface area contributed by atoms with Crippen LogP contribution in [0.15, 0.2) is 78.4 Å². The number of nitrogens with zero attached hydrogens (tertiary/aromatic N) is 1. The van der Waals surface area contributed by atoms with Gasteiger partial charge in [-0.25, -0.2) is 5.01 Å². The van der Waals surface area contributed by atoms with Crippen molar-refractivity contribution in [1.82, 2.24) is 5.43 Å². The number of amides is 2. The van der Waals surface area contributed by atoms with E-state index in [4.69, 9.17) is 25.8 Å². The number of hydrogen-bond donors (Lipinski definition) is 1. The molecule has 1 saturated heterocycles. The average molecular weight is 493 g/mol. The Labute approximate surface area is 208 Å². The van der Waals surface area contributed by atoms with Crippen molar-refractivity contribution < 1.29 is 23.8 Å². The van der Waals surface area contributed by atoms with Gasteiger partial charge in [0.15, 0.2) is 11.5 Å². The average Bonchev–Trinajstić information content (AvgIpc) is 3.15. The summed E-state index contributed by atoms with van der Waals surface area (Å²) in [6, 6.07) is 21.4. The van der Waals surface area contributed by atoms with Crippen molar-refractivity contribution in [3.05, 3.63) is 89.0 Å². The lowest BCUT2D eigenvalue weighted by Crippen LogP contribution is -2.35. The third-order valence-electron chi connectivity index (χ3n) is 5.11. The molecule has 0 radical (unpaired) electrons. The minimum absolute atomic E-state index is 0.0457. The van der Waals surface area contributed by atoms with Gasteiger partial charge in [0, 0.05) is 11.4 Å². The second kappa shape index (κ2) is 11.4. The zero-order valence-electron chi connectivity index (χ0n) is 19.2. The molecular weight excluding hydrogens is 468 g/mol. The molecule has 180 valence electrons. The standard InChI is InChI=1S/C27H25ClN2O5/c1-2-33-25-18-19(17-23-26(31)29-30(27(23)32)21-7-4-3-5-8-21)9-14-24(25)35-16-6-15-34-22-12-10-20(28)11-13-22/h3-5,7-14,17-18H,2,6,15-16H2,1H3,(H,29,31)/b23-17-. The van der Waals surface area contributed by atoms with Gasteiger partial charge in [0.2, 0.25) is 0 Å². The number of carbonyl (C=O) groups excluding carboxylic acids is 2. The molecule has 3 aromatic rings. The first-order valence-corrected chi connectivity index (χ1v) is 11.6. The number of carbonyl (C=O) groups is 2. The van der Waals surface area contributed by atoms with E-state index in [0.717, 1.165) is 5.75 Å². The Kier molecular flexibility index (Phi) is 7.90. The van der Waals surface area contributed by atoms with E-state index in [2.05, 4.69) is 5.43 Å². The summed E-state index contributed by atoms with van der Waals surface area (Å²) in [5, 5.41) is 1.90. The Hall–Kier alpha value is -3.97. The highest BCUT2D eigenvalue weighted by Crippen LogP contribution is 2.30. The van der Waals surface area contributed by atoms with Crippen molar-refractivity contribution in [3.63, 3.8) is 0 Å². The van der Waals surface area contributed by atoms with Gasteiger partial charge in [-0.15, -0.1) is 0 Å². The normalized spacial score (nSPS) is 14.2. The van der Waals surface area contributed by atoms with Crippen LogP contribution in [0.1, 0.15) is 18.9 Å². The number of para-hydroxylation sites is 1. The van der Waals surface area contributed by atoms with Gasteiger partial charge in [0.05, 0.1) is 25.5 Å². The second-order valence-electron chi connectivity index (χ2n) is 7.62. The summed E-state index contributed by atoms with van der Waals surface area (Å²) in [5.74, 6) is 0.982. The highest BCUT2D eigenvalue weighted by molar-refractivity contribution is 6.31. The van der Waals surface area contributed by atoms with Crippen LogP contribution in [0.4, 0.5) is 5.69 Å². The van der Waals surface area contributed by atoms with Crippen LogP contribution in [-0.2, 0) is 9.59 Å². The van der Waals surface area contributed by atoms with Gasteiger partial charge in [-0.1, -0.05) is 35.9 Å². The Balaban J connectivity index is 1.39. The molecule has 0 bridgehead atoms. The predicted molar refractivity (Wildman–Crippen MR) is 135 cm³/mol. The van der Waals surface area contributed by atoms with Gasteiger partial charge in [-0.2, -0.15) is 0 Å². The Morgan fingerprint density at radius 3 is 2.37 bits per heavy atom. The van der Waals surface area contributed by atoms with E-state index >= 15 is 0 Å². The molecule has 4 rings (SSSR count). The van der Waals surface area contributed by atoms with Gasteiger partial charge in [0.25, 0.3) is 11.8 Å². The number of ether oxygens (including phenoxy) is 3. The molecule has 0 aliphatic carbocycles. The fourth-order valence-electron chi connectivity index (χ4n) is 3.45. The van der Waals surface area contributed by atoms with Crippen molar-refractivity contribution in [2.24, 2.45) is 0 Å². The number of nitrogens with one attached hydrogen (secondary N) is 1. The molecule has 0 unspecified atom stereocenters. The molecule has 2 amide bonds. The summed E-state index contributed by atoms with van der Waals surface area (Å²) < 4.78 is 17.3. The molecule has 3 aromatic carbocycles. The fraction of sp³-hybridized carbons (Fsp3) is 0.185. The summed E-state index contributed by atoms with van der Waals surface area (Å²) in [6.07, 6.45) is 2.22. The number of hydrogen-bond acceptors (Lipinski definition) is 5. The van der Waals surface area contributed by atoms with E-state index in [1.807, 2.05) is 25.1 Å². The van der Waals surface area contributed by atoms with E-state index in [0.29, 0.717) is 54.0 Å². The van der Waals surface area contributed by atoms with E-state index in [1.54, 1.807) is 60.7 Å². The molecule has 8 heteroatoms. The summed E-state index contributed by atoms with van der Waals surface area (Å²) in [6.45, 7) is 3.24. The summed E-state index contributed by atoms with van der Waals surface area (Å²) >= 11 is 5.88. The van der Waals surface area contributed by atoms with Gasteiger partial charge >= 0.3 is 0 Å². The molecular formula is C27H25ClN2O5. The predicted octanol–water partition coefficient (Wildman–Crippen LogP) is 5.05. The first-order valence-electron chi connectivity index (χ1n) is 11.3. The third kappa shape index (κ3) is 6.13. The highest BCUT2D eigenvalue weighted by Gasteiger charge is 2.34. The van der Waals surface area contributed by atoms with Gasteiger partial charge in [-0.3, -0.25) is 15.0 Å². The Morgan fingerprint density at radius 1 is 0.886 bits per heavy atom. The third-order valence-corrected chi connectivity index (χ3v) is 5.37. The molecule has 35 heavy (non-hydrogen) atoms. The summed E-state index contributed by atoms with van der Waals surface area (Å²) in [4.78, 5) is 25.3. The van der Waals surface area contributed by atoms with E-state index in [-0.39, 0.29) is 5.57 Å². The van der Waals surface area contributed by atoms with Crippen LogP contribution >= 0.6 is 11.6 Å². The molecule has 1 fully saturated rings. The maximum absolute atomic E-state index is 12.8. The molecule has 1 aliphatic rings. The van der Waals surface area contributed by atoms with Crippen molar-refractivity contribution in [2.75, 3.05) is 24.8 Å². The van der Waals surface area contributed by atoms with Crippen molar-refractivity contribution >= 4 is 35.2 Å². The van der Waals surface area contributed by atoms with Crippen LogP contribution in [0.25, 0.3) is 6.08 Å². The van der Waals surface area contributed by atoms with Gasteiger partial charge in [-0.05, 0) is 67.1 Å². The van der Waals surface area contributed by atoms with Crippen molar-refractivity contribution in [1.29, 1.82) is 0 Å². The molecule has 1 aliphatic heterocycles. The maximum atomic E-state index is 12.8. The van der Waals surface area contributed by atoms with Crippen LogP contribution in [0.3, 0.4) is 0 Å². The highest BCUT2D eigenvalue weighted by atomic mass is 35.5. The van der Waals surface area contributed by atoms with E-state index in [1.165, 1.54) is 5.01 Å². The quantitative estimate of drug-likeness (QED) is 0.243. The monoisotopic (exact) mass is 492 g/mol. The lowest BCUT2D eigenvalue weighted by molar-refractivity contribution is -0.117. The van der Waals surface area contributed by atoms with Crippen LogP contribution in [-0.4, -0.2) is 31.6 Å². The van der Waals surface area contributed by atoms with E-state index in [9.17, 15) is 9.59 Å². The SMILES string of the molecule is CCOc1cc(/C=C2/C(=O)NN(c3ccccc3)C2=O)ccc1OCCCOc1ccc(Cl)cc1. The van der Waals surface area contributed by atoms with Crippen LogP contribution in [0.5, 0.6) is 17.2 Å². The van der Waals surface area contributed by atoms with Gasteiger partial charge < -0.3 is 14.2 Å². The summed E-state index contributed by atoms with van der Waals surface area (Å²) in [7, 11) is 0. The molecule has 1 N–H and O–H groups in total. The smallest absolute Gasteiger partial charge is 0.282 e. The number of hydrazine groups is 1. The van der Waals surface area contributed by atoms with Crippen LogP contribution in [0, 0.1) is 0 Å². The largest absolute Gasteiger partial charge is 0.493 e. The topological polar surface area (TPSA) is 77.1 Å². The maximum Gasteiger partial charge on any atom is 0.282 e. The van der Waals surface area contributed by atoms with Crippen LogP contribution in [0.2, 0.25) is 5.02 Å². The first kappa shape index (κ1) is 24.2. The van der Waals surface area contributed by atoms with Crippen molar-refractivity contribution in [2.45, 2.75) is 13.3 Å². The molecule has 0 aromatic heterocycles. The molecule has 0 saturated carbocycles. The fourth-order valence-corrected chi connectivity index (χ4v) is 3.57. The van der Waals surface area contributed by atoms with E-state index < -0.39 is 11.8 Å². The summed E-state index contributed by atoms with van der Waals surface area (Å²) in [5.41, 5.74) is 3.89. The van der Waals surface area contributed by atoms with Crippen LogP contribution < -0.4 is 24.6 Å². The van der Waals surface area contributed by atoms with Gasteiger partial charge in [0.1, 0.15) is 11.3 Å².